The number of nitro groups is 1. The van der Waals surface area contributed by atoms with Crippen LogP contribution in [0.3, 0.4) is 0 Å². The molecule has 0 radical (unpaired) electrons. The van der Waals surface area contributed by atoms with Crippen LogP contribution < -0.4 is 14.9 Å². The molecular formula is C29H23N3O5S2. The first-order chi connectivity index (χ1) is 18.9. The molecule has 2 heterocycles. The monoisotopic (exact) mass is 557 g/mol. The fraction of sp³-hybridized carbons (Fsp3) is 0.138. The van der Waals surface area contributed by atoms with Crippen LogP contribution in [0.15, 0.2) is 99.1 Å². The summed E-state index contributed by atoms with van der Waals surface area (Å²) in [5.41, 5.74) is 2.52. The van der Waals surface area contributed by atoms with Gasteiger partial charge in [0.25, 0.3) is 11.2 Å². The molecule has 0 fully saturated rings. The normalized spacial score (nSPS) is 15.0. The van der Waals surface area contributed by atoms with Gasteiger partial charge in [-0.15, -0.1) is 11.8 Å². The van der Waals surface area contributed by atoms with Crippen LogP contribution in [0.1, 0.15) is 29.7 Å². The van der Waals surface area contributed by atoms with E-state index >= 15 is 0 Å². The van der Waals surface area contributed by atoms with Crippen molar-refractivity contribution in [3.8, 4) is 0 Å². The molecule has 1 aliphatic rings. The lowest BCUT2D eigenvalue weighted by Crippen LogP contribution is -2.40. The zero-order chi connectivity index (χ0) is 27.5. The van der Waals surface area contributed by atoms with Crippen molar-refractivity contribution in [3.63, 3.8) is 0 Å². The van der Waals surface area contributed by atoms with Gasteiger partial charge in [0, 0.05) is 22.6 Å². The third-order valence-corrected chi connectivity index (χ3v) is 7.93. The van der Waals surface area contributed by atoms with E-state index in [1.54, 1.807) is 36.9 Å². The molecule has 0 bridgehead atoms. The molecule has 0 amide bonds. The number of hydrogen-bond acceptors (Lipinski definition) is 8. The average molecular weight is 558 g/mol. The molecular weight excluding hydrogens is 534 g/mol. The van der Waals surface area contributed by atoms with E-state index < -0.39 is 16.9 Å². The SMILES string of the molecule is CCOC(=O)C1=C(c2ccccc2)N=c2s/c(=C\c3ccc([N+](=O)[O-])cc3)c(=O)n2[C@H]1c1ccc(SC)cc1. The zero-order valence-corrected chi connectivity index (χ0v) is 22.7. The van der Waals surface area contributed by atoms with E-state index in [-0.39, 0.29) is 23.4 Å². The number of rotatable bonds is 7. The van der Waals surface area contributed by atoms with Gasteiger partial charge in [-0.1, -0.05) is 53.8 Å². The molecule has 39 heavy (non-hydrogen) atoms. The van der Waals surface area contributed by atoms with Gasteiger partial charge >= 0.3 is 5.97 Å². The maximum Gasteiger partial charge on any atom is 0.338 e. The van der Waals surface area contributed by atoms with Crippen molar-refractivity contribution in [1.82, 2.24) is 4.57 Å². The summed E-state index contributed by atoms with van der Waals surface area (Å²) >= 11 is 2.80. The van der Waals surface area contributed by atoms with E-state index in [0.29, 0.717) is 20.6 Å². The zero-order valence-electron chi connectivity index (χ0n) is 21.1. The number of thiazole rings is 1. The Balaban J connectivity index is 1.78. The number of aromatic nitrogens is 1. The Labute approximate surface area is 231 Å². The molecule has 1 atom stereocenters. The van der Waals surface area contributed by atoms with Crippen LogP contribution in [-0.4, -0.2) is 28.3 Å². The number of esters is 1. The first kappa shape index (κ1) is 26.3. The number of benzene rings is 3. The molecule has 10 heteroatoms. The van der Waals surface area contributed by atoms with E-state index in [1.807, 2.05) is 60.9 Å². The molecule has 0 aliphatic carbocycles. The van der Waals surface area contributed by atoms with Gasteiger partial charge in [-0.2, -0.15) is 0 Å². The van der Waals surface area contributed by atoms with Gasteiger partial charge in [0.15, 0.2) is 4.80 Å². The van der Waals surface area contributed by atoms with Gasteiger partial charge in [0.05, 0.1) is 33.4 Å². The Morgan fingerprint density at radius 2 is 1.79 bits per heavy atom. The van der Waals surface area contributed by atoms with E-state index in [9.17, 15) is 19.7 Å². The first-order valence-corrected chi connectivity index (χ1v) is 14.1. The second-order valence-electron chi connectivity index (χ2n) is 8.55. The van der Waals surface area contributed by atoms with Crippen LogP contribution in [0.2, 0.25) is 0 Å². The van der Waals surface area contributed by atoms with Crippen molar-refractivity contribution < 1.29 is 14.5 Å². The molecule has 0 saturated heterocycles. The number of fused-ring (bicyclic) bond motifs is 1. The fourth-order valence-electron chi connectivity index (χ4n) is 4.39. The van der Waals surface area contributed by atoms with Crippen molar-refractivity contribution in [3.05, 3.63) is 131 Å². The quantitative estimate of drug-likeness (QED) is 0.143. The number of non-ortho nitro benzene ring substituents is 1. The topological polar surface area (TPSA) is 104 Å². The van der Waals surface area contributed by atoms with E-state index in [1.165, 1.54) is 28.0 Å². The summed E-state index contributed by atoms with van der Waals surface area (Å²) in [6.45, 7) is 1.91. The van der Waals surface area contributed by atoms with Crippen LogP contribution >= 0.6 is 23.1 Å². The summed E-state index contributed by atoms with van der Waals surface area (Å²) < 4.78 is 7.41. The van der Waals surface area contributed by atoms with Crippen molar-refractivity contribution >= 4 is 46.5 Å². The van der Waals surface area contributed by atoms with E-state index in [4.69, 9.17) is 9.73 Å². The molecule has 4 aromatic rings. The first-order valence-electron chi connectivity index (χ1n) is 12.1. The van der Waals surface area contributed by atoms with Crippen molar-refractivity contribution in [2.75, 3.05) is 12.9 Å². The maximum atomic E-state index is 13.9. The minimum Gasteiger partial charge on any atom is -0.463 e. The Morgan fingerprint density at radius 3 is 2.41 bits per heavy atom. The number of carbonyl (C=O) groups excluding carboxylic acids is 1. The molecule has 3 aromatic carbocycles. The van der Waals surface area contributed by atoms with Crippen LogP contribution in [0, 0.1) is 10.1 Å². The van der Waals surface area contributed by atoms with Gasteiger partial charge in [-0.25, -0.2) is 9.79 Å². The number of nitro benzene ring substituents is 1. The Hall–Kier alpha value is -4.28. The molecule has 0 spiro atoms. The maximum absolute atomic E-state index is 13.9. The fourth-order valence-corrected chi connectivity index (χ4v) is 5.79. The lowest BCUT2D eigenvalue weighted by atomic mass is 9.93. The molecule has 0 unspecified atom stereocenters. The number of hydrogen-bond donors (Lipinski definition) is 0. The third-order valence-electron chi connectivity index (χ3n) is 6.21. The van der Waals surface area contributed by atoms with Crippen LogP contribution in [-0.2, 0) is 9.53 Å². The Kier molecular flexibility index (Phi) is 7.58. The summed E-state index contributed by atoms with van der Waals surface area (Å²) in [5, 5.41) is 11.0. The van der Waals surface area contributed by atoms with Crippen molar-refractivity contribution in [1.29, 1.82) is 0 Å². The second kappa shape index (κ2) is 11.2. The summed E-state index contributed by atoms with van der Waals surface area (Å²) in [4.78, 5) is 44.2. The highest BCUT2D eigenvalue weighted by atomic mass is 32.2. The van der Waals surface area contributed by atoms with Gasteiger partial charge in [0.1, 0.15) is 0 Å². The molecule has 0 N–H and O–H groups in total. The van der Waals surface area contributed by atoms with Gasteiger partial charge in [-0.3, -0.25) is 19.5 Å². The molecule has 0 saturated carbocycles. The number of ether oxygens (including phenoxy) is 1. The lowest BCUT2D eigenvalue weighted by molar-refractivity contribution is -0.384. The van der Waals surface area contributed by atoms with Crippen molar-refractivity contribution in [2.45, 2.75) is 17.9 Å². The predicted molar refractivity (Wildman–Crippen MR) is 152 cm³/mol. The largest absolute Gasteiger partial charge is 0.463 e. The van der Waals surface area contributed by atoms with Crippen LogP contribution in [0.4, 0.5) is 5.69 Å². The molecule has 196 valence electrons. The Bertz CT molecular complexity index is 1760. The van der Waals surface area contributed by atoms with E-state index in [2.05, 4.69) is 0 Å². The minimum atomic E-state index is -0.759. The van der Waals surface area contributed by atoms with Gasteiger partial charge in [0.2, 0.25) is 0 Å². The molecule has 8 nitrogen and oxygen atoms in total. The number of thioether (sulfide) groups is 1. The molecule has 1 aliphatic heterocycles. The predicted octanol–water partition coefficient (Wildman–Crippen LogP) is 4.57. The third kappa shape index (κ3) is 5.21. The Morgan fingerprint density at radius 1 is 1.10 bits per heavy atom. The summed E-state index contributed by atoms with van der Waals surface area (Å²) in [6.07, 6.45) is 3.66. The van der Waals surface area contributed by atoms with Gasteiger partial charge < -0.3 is 4.74 Å². The van der Waals surface area contributed by atoms with Crippen molar-refractivity contribution in [2.24, 2.45) is 4.99 Å². The highest BCUT2D eigenvalue weighted by Gasteiger charge is 2.35. The van der Waals surface area contributed by atoms with Crippen LogP contribution in [0.25, 0.3) is 11.8 Å². The number of carbonyl (C=O) groups is 1. The highest BCUT2D eigenvalue weighted by Crippen LogP contribution is 2.35. The summed E-state index contributed by atoms with van der Waals surface area (Å²) in [5.74, 6) is -0.538. The van der Waals surface area contributed by atoms with E-state index in [0.717, 1.165) is 16.0 Å². The molecule has 5 rings (SSSR count). The second-order valence-corrected chi connectivity index (χ2v) is 10.4. The lowest BCUT2D eigenvalue weighted by Gasteiger charge is -2.26. The molecule has 1 aromatic heterocycles. The summed E-state index contributed by atoms with van der Waals surface area (Å²) in [6, 6.07) is 22.3. The minimum absolute atomic E-state index is 0.0334. The summed E-state index contributed by atoms with van der Waals surface area (Å²) in [7, 11) is 0. The standard InChI is InChI=1S/C29H23N3O5S2/c1-3-37-28(34)24-25(19-7-5-4-6-8-19)30-29-31(26(24)20-11-15-22(38-2)16-12-20)27(33)23(39-29)17-18-9-13-21(14-10-18)32(35)36/h4-17,26H,3H2,1-2H3/b23-17-/t26-/m0/s1. The average Bonchev–Trinajstić information content (AvgIpc) is 3.27. The smallest absolute Gasteiger partial charge is 0.338 e. The van der Waals surface area contributed by atoms with Gasteiger partial charge in [-0.05, 0) is 54.6 Å². The highest BCUT2D eigenvalue weighted by molar-refractivity contribution is 7.98. The number of nitrogens with zero attached hydrogens (tertiary/aromatic N) is 3. The van der Waals surface area contributed by atoms with Crippen LogP contribution in [0.5, 0.6) is 0 Å².